The molecule has 104 valence electrons. The standard InChI is InChI=1S/C12H13N5O3/c1-19-8-5-3-7(4-6-8)9(18)14-11-15-10(13)16-12(17-11)20-2/h3-6H,1-2H3,(H3,13,14,15,16,17,18). The summed E-state index contributed by atoms with van der Waals surface area (Å²) in [7, 11) is 2.94. The monoisotopic (exact) mass is 275 g/mol. The minimum Gasteiger partial charge on any atom is -0.497 e. The molecule has 0 bridgehead atoms. The van der Waals surface area contributed by atoms with E-state index in [-0.39, 0.29) is 23.8 Å². The summed E-state index contributed by atoms with van der Waals surface area (Å²) in [5.41, 5.74) is 5.91. The van der Waals surface area contributed by atoms with Crippen LogP contribution in [-0.2, 0) is 0 Å². The average molecular weight is 275 g/mol. The van der Waals surface area contributed by atoms with Crippen LogP contribution in [0.3, 0.4) is 0 Å². The van der Waals surface area contributed by atoms with Crippen molar-refractivity contribution < 1.29 is 14.3 Å². The zero-order valence-electron chi connectivity index (χ0n) is 11.0. The zero-order chi connectivity index (χ0) is 14.5. The molecule has 0 aliphatic heterocycles. The van der Waals surface area contributed by atoms with Crippen LogP contribution in [-0.4, -0.2) is 35.1 Å². The first-order valence-electron chi connectivity index (χ1n) is 5.63. The molecule has 1 aromatic carbocycles. The van der Waals surface area contributed by atoms with Crippen LogP contribution in [0.15, 0.2) is 24.3 Å². The summed E-state index contributed by atoms with van der Waals surface area (Å²) in [5.74, 6) is 0.268. The summed E-state index contributed by atoms with van der Waals surface area (Å²) in [4.78, 5) is 23.4. The van der Waals surface area contributed by atoms with Gasteiger partial charge in [-0.2, -0.15) is 15.0 Å². The summed E-state index contributed by atoms with van der Waals surface area (Å²) in [6, 6.07) is 6.63. The Bertz CT molecular complexity index is 615. The molecular formula is C12H13N5O3. The minimum atomic E-state index is -0.375. The van der Waals surface area contributed by atoms with Crippen molar-refractivity contribution in [2.24, 2.45) is 0 Å². The SMILES string of the molecule is COc1ccc(C(=O)Nc2nc(N)nc(OC)n2)cc1. The maximum atomic E-state index is 12.0. The number of carbonyl (C=O) groups excluding carboxylic acids is 1. The van der Waals surface area contributed by atoms with Gasteiger partial charge in [0, 0.05) is 5.56 Å². The van der Waals surface area contributed by atoms with Gasteiger partial charge >= 0.3 is 6.01 Å². The summed E-state index contributed by atoms with van der Waals surface area (Å²) < 4.78 is 9.86. The first kappa shape index (κ1) is 13.5. The number of benzene rings is 1. The number of amides is 1. The molecule has 0 saturated carbocycles. The summed E-state index contributed by atoms with van der Waals surface area (Å²) in [5, 5.41) is 2.51. The predicted octanol–water partition coefficient (Wildman–Crippen LogP) is 0.723. The third kappa shape index (κ3) is 3.10. The third-order valence-electron chi connectivity index (χ3n) is 2.39. The van der Waals surface area contributed by atoms with Crippen molar-refractivity contribution in [1.82, 2.24) is 15.0 Å². The van der Waals surface area contributed by atoms with Crippen LogP contribution in [0.1, 0.15) is 10.4 Å². The molecule has 0 atom stereocenters. The number of rotatable bonds is 4. The van der Waals surface area contributed by atoms with Crippen LogP contribution in [0.25, 0.3) is 0 Å². The van der Waals surface area contributed by atoms with Gasteiger partial charge in [0.15, 0.2) is 0 Å². The van der Waals surface area contributed by atoms with Crippen molar-refractivity contribution in [2.45, 2.75) is 0 Å². The molecule has 2 rings (SSSR count). The van der Waals surface area contributed by atoms with E-state index in [9.17, 15) is 4.79 Å². The van der Waals surface area contributed by atoms with Crippen molar-refractivity contribution in [3.63, 3.8) is 0 Å². The third-order valence-corrected chi connectivity index (χ3v) is 2.39. The Labute approximate surface area is 115 Å². The maximum absolute atomic E-state index is 12.0. The molecule has 1 amide bonds. The fraction of sp³-hybridized carbons (Fsp3) is 0.167. The highest BCUT2D eigenvalue weighted by Crippen LogP contribution is 2.13. The lowest BCUT2D eigenvalue weighted by Gasteiger charge is -2.06. The van der Waals surface area contributed by atoms with Crippen molar-refractivity contribution in [2.75, 3.05) is 25.3 Å². The van der Waals surface area contributed by atoms with Crippen molar-refractivity contribution in [1.29, 1.82) is 0 Å². The number of hydrogen-bond donors (Lipinski definition) is 2. The van der Waals surface area contributed by atoms with E-state index in [0.717, 1.165) is 0 Å². The fourth-order valence-electron chi connectivity index (χ4n) is 1.44. The Morgan fingerprint density at radius 3 is 2.40 bits per heavy atom. The fourth-order valence-corrected chi connectivity index (χ4v) is 1.44. The van der Waals surface area contributed by atoms with Gasteiger partial charge in [0.1, 0.15) is 5.75 Å². The Kier molecular flexibility index (Phi) is 3.94. The molecule has 2 aromatic rings. The molecule has 8 heteroatoms. The van der Waals surface area contributed by atoms with E-state index in [1.54, 1.807) is 31.4 Å². The van der Waals surface area contributed by atoms with Crippen LogP contribution in [0.2, 0.25) is 0 Å². The first-order chi connectivity index (χ1) is 9.62. The molecule has 0 unspecified atom stereocenters. The van der Waals surface area contributed by atoms with E-state index in [4.69, 9.17) is 15.2 Å². The van der Waals surface area contributed by atoms with Gasteiger partial charge in [-0.25, -0.2) is 0 Å². The minimum absolute atomic E-state index is 0.0233. The van der Waals surface area contributed by atoms with Crippen molar-refractivity contribution in [3.8, 4) is 11.8 Å². The molecule has 8 nitrogen and oxygen atoms in total. The molecular weight excluding hydrogens is 262 g/mol. The molecule has 0 aliphatic rings. The van der Waals surface area contributed by atoms with Crippen molar-refractivity contribution in [3.05, 3.63) is 29.8 Å². The normalized spacial score (nSPS) is 9.90. The largest absolute Gasteiger partial charge is 0.497 e. The molecule has 0 saturated heterocycles. The number of aromatic nitrogens is 3. The van der Waals surface area contributed by atoms with E-state index < -0.39 is 0 Å². The van der Waals surface area contributed by atoms with Gasteiger partial charge in [-0.3, -0.25) is 10.1 Å². The van der Waals surface area contributed by atoms with Gasteiger partial charge in [-0.05, 0) is 24.3 Å². The second-order valence-corrected chi connectivity index (χ2v) is 3.69. The summed E-state index contributed by atoms with van der Waals surface area (Å²) in [6.07, 6.45) is 0. The number of nitrogens with two attached hydrogens (primary N) is 1. The van der Waals surface area contributed by atoms with Gasteiger partial charge in [0.2, 0.25) is 11.9 Å². The first-order valence-corrected chi connectivity index (χ1v) is 5.63. The van der Waals surface area contributed by atoms with Crippen LogP contribution >= 0.6 is 0 Å². The second-order valence-electron chi connectivity index (χ2n) is 3.69. The Hall–Kier alpha value is -2.90. The van der Waals surface area contributed by atoms with E-state index in [1.165, 1.54) is 7.11 Å². The molecule has 3 N–H and O–H groups in total. The Balaban J connectivity index is 2.16. The predicted molar refractivity (Wildman–Crippen MR) is 71.7 cm³/mol. The lowest BCUT2D eigenvalue weighted by atomic mass is 10.2. The highest BCUT2D eigenvalue weighted by molar-refractivity contribution is 6.03. The van der Waals surface area contributed by atoms with Gasteiger partial charge in [0.05, 0.1) is 14.2 Å². The molecule has 0 aliphatic carbocycles. The topological polar surface area (TPSA) is 112 Å². The molecule has 0 fully saturated rings. The van der Waals surface area contributed by atoms with Gasteiger partial charge in [0.25, 0.3) is 5.91 Å². The van der Waals surface area contributed by atoms with E-state index in [1.807, 2.05) is 0 Å². The summed E-state index contributed by atoms with van der Waals surface area (Å²) >= 11 is 0. The quantitative estimate of drug-likeness (QED) is 0.845. The summed E-state index contributed by atoms with van der Waals surface area (Å²) in [6.45, 7) is 0. The molecule has 1 heterocycles. The average Bonchev–Trinajstić information content (AvgIpc) is 2.46. The van der Waals surface area contributed by atoms with Crippen molar-refractivity contribution >= 4 is 17.8 Å². The lowest BCUT2D eigenvalue weighted by Crippen LogP contribution is -2.15. The van der Waals surface area contributed by atoms with E-state index in [0.29, 0.717) is 11.3 Å². The highest BCUT2D eigenvalue weighted by Gasteiger charge is 2.10. The number of hydrogen-bond acceptors (Lipinski definition) is 7. The van der Waals surface area contributed by atoms with Gasteiger partial charge in [-0.15, -0.1) is 0 Å². The zero-order valence-corrected chi connectivity index (χ0v) is 11.0. The maximum Gasteiger partial charge on any atom is 0.322 e. The molecule has 1 aromatic heterocycles. The van der Waals surface area contributed by atoms with E-state index >= 15 is 0 Å². The molecule has 0 radical (unpaired) electrons. The number of nitrogen functional groups attached to an aromatic ring is 1. The van der Waals surface area contributed by atoms with Crippen LogP contribution in [0.4, 0.5) is 11.9 Å². The van der Waals surface area contributed by atoms with Crippen LogP contribution < -0.4 is 20.5 Å². The second kappa shape index (κ2) is 5.83. The Morgan fingerprint density at radius 2 is 1.80 bits per heavy atom. The Morgan fingerprint density at radius 1 is 1.10 bits per heavy atom. The lowest BCUT2D eigenvalue weighted by molar-refractivity contribution is 0.102. The number of nitrogens with one attached hydrogen (secondary N) is 1. The van der Waals surface area contributed by atoms with Crippen LogP contribution in [0.5, 0.6) is 11.8 Å². The highest BCUT2D eigenvalue weighted by atomic mass is 16.5. The van der Waals surface area contributed by atoms with E-state index in [2.05, 4.69) is 20.3 Å². The molecule has 20 heavy (non-hydrogen) atoms. The number of carbonyl (C=O) groups is 1. The number of ether oxygens (including phenoxy) is 2. The van der Waals surface area contributed by atoms with Gasteiger partial charge < -0.3 is 15.2 Å². The number of anilines is 2. The number of methoxy groups -OCH3 is 2. The van der Waals surface area contributed by atoms with Crippen LogP contribution in [0, 0.1) is 0 Å². The van der Waals surface area contributed by atoms with Gasteiger partial charge in [-0.1, -0.05) is 0 Å². The molecule has 0 spiro atoms. The smallest absolute Gasteiger partial charge is 0.322 e. The number of nitrogens with zero attached hydrogens (tertiary/aromatic N) is 3.